The average molecular weight is 227 g/mol. The van der Waals surface area contributed by atoms with Gasteiger partial charge in [-0.25, -0.2) is 0 Å². The summed E-state index contributed by atoms with van der Waals surface area (Å²) in [5, 5.41) is 3.61. The van der Waals surface area contributed by atoms with Crippen molar-refractivity contribution >= 4 is 0 Å². The molecule has 1 saturated heterocycles. The summed E-state index contributed by atoms with van der Waals surface area (Å²) in [7, 11) is 0. The van der Waals surface area contributed by atoms with Crippen LogP contribution in [0.15, 0.2) is 0 Å². The number of ether oxygens (including phenoxy) is 1. The SMILES string of the molecule is CCCCCCCCCNC1CCOC1C. The predicted octanol–water partition coefficient (Wildman–Crippen LogP) is 3.50. The summed E-state index contributed by atoms with van der Waals surface area (Å²) in [6.07, 6.45) is 11.4. The van der Waals surface area contributed by atoms with Crippen molar-refractivity contribution in [3.05, 3.63) is 0 Å². The molecule has 1 aliphatic rings. The minimum absolute atomic E-state index is 0.421. The van der Waals surface area contributed by atoms with Crippen molar-refractivity contribution in [2.45, 2.75) is 77.4 Å². The lowest BCUT2D eigenvalue weighted by molar-refractivity contribution is 0.113. The molecule has 0 aliphatic carbocycles. The Morgan fingerprint density at radius 2 is 1.75 bits per heavy atom. The molecule has 0 radical (unpaired) electrons. The Bertz CT molecular complexity index is 161. The maximum Gasteiger partial charge on any atom is 0.0700 e. The average Bonchev–Trinajstić information content (AvgIpc) is 2.68. The number of hydrogen-bond acceptors (Lipinski definition) is 2. The number of hydrogen-bond donors (Lipinski definition) is 1. The number of rotatable bonds is 9. The predicted molar refractivity (Wildman–Crippen MR) is 69.8 cm³/mol. The zero-order chi connectivity index (χ0) is 11.6. The third kappa shape index (κ3) is 5.86. The molecule has 0 amide bonds. The first-order valence-electron chi connectivity index (χ1n) is 7.19. The van der Waals surface area contributed by atoms with E-state index in [4.69, 9.17) is 4.74 Å². The molecule has 1 aliphatic heterocycles. The molecule has 0 spiro atoms. The van der Waals surface area contributed by atoms with Gasteiger partial charge in [-0.1, -0.05) is 45.4 Å². The summed E-state index contributed by atoms with van der Waals surface area (Å²) in [6.45, 7) is 6.56. The van der Waals surface area contributed by atoms with Gasteiger partial charge < -0.3 is 10.1 Å². The van der Waals surface area contributed by atoms with E-state index in [0.29, 0.717) is 12.1 Å². The normalized spacial score (nSPS) is 25.1. The first-order valence-corrected chi connectivity index (χ1v) is 7.19. The Morgan fingerprint density at radius 3 is 2.38 bits per heavy atom. The van der Waals surface area contributed by atoms with Gasteiger partial charge >= 0.3 is 0 Å². The van der Waals surface area contributed by atoms with E-state index in [1.54, 1.807) is 0 Å². The van der Waals surface area contributed by atoms with Crippen molar-refractivity contribution in [2.75, 3.05) is 13.2 Å². The highest BCUT2D eigenvalue weighted by Gasteiger charge is 2.22. The summed E-state index contributed by atoms with van der Waals surface area (Å²) >= 11 is 0. The maximum atomic E-state index is 5.53. The van der Waals surface area contributed by atoms with Gasteiger partial charge in [0, 0.05) is 12.6 Å². The van der Waals surface area contributed by atoms with Gasteiger partial charge in [-0.05, 0) is 26.3 Å². The molecule has 0 aromatic carbocycles. The summed E-state index contributed by atoms with van der Waals surface area (Å²) in [4.78, 5) is 0. The van der Waals surface area contributed by atoms with Crippen molar-refractivity contribution in [1.82, 2.24) is 5.32 Å². The number of nitrogens with one attached hydrogen (secondary N) is 1. The van der Waals surface area contributed by atoms with E-state index in [2.05, 4.69) is 19.2 Å². The van der Waals surface area contributed by atoms with Crippen LogP contribution in [0.5, 0.6) is 0 Å². The summed E-state index contributed by atoms with van der Waals surface area (Å²) < 4.78 is 5.53. The molecule has 1 rings (SSSR count). The fraction of sp³-hybridized carbons (Fsp3) is 1.00. The van der Waals surface area contributed by atoms with Gasteiger partial charge in [0.2, 0.25) is 0 Å². The van der Waals surface area contributed by atoms with E-state index in [1.165, 1.54) is 57.9 Å². The van der Waals surface area contributed by atoms with Crippen molar-refractivity contribution in [1.29, 1.82) is 0 Å². The molecule has 1 fully saturated rings. The molecule has 0 saturated carbocycles. The van der Waals surface area contributed by atoms with Gasteiger partial charge in [-0.2, -0.15) is 0 Å². The monoisotopic (exact) mass is 227 g/mol. The maximum absolute atomic E-state index is 5.53. The highest BCUT2D eigenvalue weighted by molar-refractivity contribution is 4.78. The van der Waals surface area contributed by atoms with Gasteiger partial charge in [0.1, 0.15) is 0 Å². The zero-order valence-electron chi connectivity index (χ0n) is 11.1. The quantitative estimate of drug-likeness (QED) is 0.609. The highest BCUT2D eigenvalue weighted by atomic mass is 16.5. The first kappa shape index (κ1) is 14.0. The van der Waals surface area contributed by atoms with Gasteiger partial charge in [0.25, 0.3) is 0 Å². The van der Waals surface area contributed by atoms with E-state index in [9.17, 15) is 0 Å². The van der Waals surface area contributed by atoms with E-state index >= 15 is 0 Å². The standard InChI is InChI=1S/C14H29NO/c1-3-4-5-6-7-8-9-11-15-14-10-12-16-13(14)2/h13-15H,3-12H2,1-2H3. The van der Waals surface area contributed by atoms with Crippen LogP contribution in [0.25, 0.3) is 0 Å². The van der Waals surface area contributed by atoms with Crippen molar-refractivity contribution in [3.63, 3.8) is 0 Å². The van der Waals surface area contributed by atoms with Crippen LogP contribution in [-0.2, 0) is 4.74 Å². The van der Waals surface area contributed by atoms with Crippen molar-refractivity contribution < 1.29 is 4.74 Å². The summed E-state index contributed by atoms with van der Waals surface area (Å²) in [5.74, 6) is 0. The van der Waals surface area contributed by atoms with E-state index in [0.717, 1.165) is 6.61 Å². The molecule has 16 heavy (non-hydrogen) atoms. The minimum atomic E-state index is 0.421. The van der Waals surface area contributed by atoms with Gasteiger partial charge in [0.15, 0.2) is 0 Å². The molecule has 1 N–H and O–H groups in total. The van der Waals surface area contributed by atoms with Crippen LogP contribution in [-0.4, -0.2) is 25.3 Å². The lowest BCUT2D eigenvalue weighted by atomic mass is 10.1. The summed E-state index contributed by atoms with van der Waals surface area (Å²) in [6, 6.07) is 0.611. The Balaban J connectivity index is 1.81. The third-order valence-electron chi connectivity index (χ3n) is 3.56. The molecule has 2 atom stereocenters. The molecular weight excluding hydrogens is 198 g/mol. The smallest absolute Gasteiger partial charge is 0.0700 e. The topological polar surface area (TPSA) is 21.3 Å². The highest BCUT2D eigenvalue weighted by Crippen LogP contribution is 2.12. The van der Waals surface area contributed by atoms with Crippen LogP contribution in [0.2, 0.25) is 0 Å². The molecule has 0 bridgehead atoms. The fourth-order valence-corrected chi connectivity index (χ4v) is 2.37. The van der Waals surface area contributed by atoms with Gasteiger partial charge in [-0.15, -0.1) is 0 Å². The van der Waals surface area contributed by atoms with E-state index in [-0.39, 0.29) is 0 Å². The molecule has 2 unspecified atom stereocenters. The first-order chi connectivity index (χ1) is 7.84. The van der Waals surface area contributed by atoms with Gasteiger partial charge in [-0.3, -0.25) is 0 Å². The fourth-order valence-electron chi connectivity index (χ4n) is 2.37. The Hall–Kier alpha value is -0.0800. The zero-order valence-corrected chi connectivity index (χ0v) is 11.1. The van der Waals surface area contributed by atoms with Crippen LogP contribution in [0.3, 0.4) is 0 Å². The second-order valence-electron chi connectivity index (χ2n) is 5.05. The van der Waals surface area contributed by atoms with Crippen LogP contribution >= 0.6 is 0 Å². The molecule has 1 heterocycles. The molecule has 2 nitrogen and oxygen atoms in total. The Kier molecular flexibility index (Phi) is 7.87. The molecule has 0 aromatic heterocycles. The third-order valence-corrected chi connectivity index (χ3v) is 3.56. The lowest BCUT2D eigenvalue weighted by Crippen LogP contribution is -2.35. The summed E-state index contributed by atoms with van der Waals surface area (Å²) in [5.41, 5.74) is 0. The van der Waals surface area contributed by atoms with Gasteiger partial charge in [0.05, 0.1) is 6.10 Å². The van der Waals surface area contributed by atoms with Crippen molar-refractivity contribution in [3.8, 4) is 0 Å². The van der Waals surface area contributed by atoms with E-state index in [1.807, 2.05) is 0 Å². The molecule has 96 valence electrons. The van der Waals surface area contributed by atoms with E-state index < -0.39 is 0 Å². The lowest BCUT2D eigenvalue weighted by Gasteiger charge is -2.15. The van der Waals surface area contributed by atoms with Crippen LogP contribution < -0.4 is 5.32 Å². The Morgan fingerprint density at radius 1 is 1.06 bits per heavy atom. The minimum Gasteiger partial charge on any atom is -0.377 e. The largest absolute Gasteiger partial charge is 0.377 e. The van der Waals surface area contributed by atoms with Crippen LogP contribution in [0.4, 0.5) is 0 Å². The molecular formula is C14H29NO. The van der Waals surface area contributed by atoms with Crippen LogP contribution in [0.1, 0.15) is 65.2 Å². The van der Waals surface area contributed by atoms with Crippen molar-refractivity contribution in [2.24, 2.45) is 0 Å². The number of unbranched alkanes of at least 4 members (excludes halogenated alkanes) is 6. The Labute approximate surface area is 101 Å². The molecule has 0 aromatic rings. The second-order valence-corrected chi connectivity index (χ2v) is 5.05. The molecule has 2 heteroatoms. The second kappa shape index (κ2) is 9.00. The van der Waals surface area contributed by atoms with Crippen LogP contribution in [0, 0.1) is 0 Å².